The highest BCUT2D eigenvalue weighted by Gasteiger charge is 2.09. The second-order valence-electron chi connectivity index (χ2n) is 5.28. The third kappa shape index (κ3) is 2.83. The van der Waals surface area contributed by atoms with Crippen molar-refractivity contribution < 1.29 is 0 Å². The molecule has 1 N–H and O–H groups in total. The zero-order valence-electron chi connectivity index (χ0n) is 12.6. The number of hydrogen-bond acceptors (Lipinski definition) is 3. The van der Waals surface area contributed by atoms with Crippen LogP contribution in [0.25, 0.3) is 10.9 Å². The molecule has 1 aromatic carbocycles. The summed E-state index contributed by atoms with van der Waals surface area (Å²) >= 11 is 0. The van der Waals surface area contributed by atoms with E-state index in [1.165, 1.54) is 16.5 Å². The van der Waals surface area contributed by atoms with Crippen molar-refractivity contribution in [3.8, 4) is 0 Å². The van der Waals surface area contributed by atoms with E-state index in [1.807, 2.05) is 11.7 Å². The monoisotopic (exact) mass is 283 g/mol. The van der Waals surface area contributed by atoms with E-state index in [-0.39, 0.29) is 0 Å². The Hall–Kier alpha value is -2.14. The molecule has 3 rings (SSSR count). The molecule has 0 atom stereocenters. The Balaban J connectivity index is 1.93. The van der Waals surface area contributed by atoms with Gasteiger partial charge in [-0.1, -0.05) is 25.1 Å². The van der Waals surface area contributed by atoms with Gasteiger partial charge in [0.15, 0.2) is 0 Å². The third-order valence-corrected chi connectivity index (χ3v) is 3.73. The molecule has 2 heterocycles. The van der Waals surface area contributed by atoms with Crippen LogP contribution < -0.4 is 5.32 Å². The number of fused-ring (bicyclic) bond motifs is 1. The second-order valence-corrected chi connectivity index (χ2v) is 5.28. The number of aromatic nitrogens is 4. The van der Waals surface area contributed by atoms with Gasteiger partial charge in [0.25, 0.3) is 0 Å². The van der Waals surface area contributed by atoms with Gasteiger partial charge < -0.3 is 9.88 Å². The van der Waals surface area contributed by atoms with Crippen LogP contribution >= 0.6 is 0 Å². The molecule has 0 aliphatic carbocycles. The summed E-state index contributed by atoms with van der Waals surface area (Å²) in [6.07, 6.45) is 4.88. The number of hydrogen-bond donors (Lipinski definition) is 1. The minimum Gasteiger partial charge on any atom is -0.340 e. The first-order valence-corrected chi connectivity index (χ1v) is 7.40. The van der Waals surface area contributed by atoms with E-state index in [2.05, 4.69) is 57.4 Å². The Morgan fingerprint density at radius 2 is 2.14 bits per heavy atom. The molecular formula is C16H21N5. The molecule has 0 radical (unpaired) electrons. The fourth-order valence-corrected chi connectivity index (χ4v) is 2.63. The summed E-state index contributed by atoms with van der Waals surface area (Å²) in [6.45, 7) is 4.86. The number of aryl methyl sites for hydroxylation is 1. The maximum absolute atomic E-state index is 4.32. The topological polar surface area (TPSA) is 47.7 Å². The van der Waals surface area contributed by atoms with E-state index in [0.717, 1.165) is 31.9 Å². The number of rotatable bonds is 6. The molecule has 0 unspecified atom stereocenters. The van der Waals surface area contributed by atoms with Gasteiger partial charge in [0.05, 0.1) is 12.1 Å². The van der Waals surface area contributed by atoms with Gasteiger partial charge in [-0.2, -0.15) is 5.10 Å². The molecule has 5 heteroatoms. The SMILES string of the molecule is CCCNCc1cccc2ccn(Cc3ncnn3C)c12. The molecule has 2 aromatic heterocycles. The minimum atomic E-state index is 0.741. The quantitative estimate of drug-likeness (QED) is 0.706. The molecule has 0 aliphatic rings. The van der Waals surface area contributed by atoms with Crippen molar-refractivity contribution in [2.24, 2.45) is 7.05 Å². The predicted octanol–water partition coefficient (Wildman–Crippen LogP) is 2.32. The summed E-state index contributed by atoms with van der Waals surface area (Å²) in [6, 6.07) is 8.64. The van der Waals surface area contributed by atoms with Crippen molar-refractivity contribution >= 4 is 10.9 Å². The van der Waals surface area contributed by atoms with Gasteiger partial charge in [-0.15, -0.1) is 0 Å². The van der Waals surface area contributed by atoms with Crippen LogP contribution in [0.5, 0.6) is 0 Å². The van der Waals surface area contributed by atoms with Gasteiger partial charge in [-0.25, -0.2) is 4.98 Å². The molecular weight excluding hydrogens is 262 g/mol. The van der Waals surface area contributed by atoms with E-state index in [9.17, 15) is 0 Å². The van der Waals surface area contributed by atoms with Crippen LogP contribution in [0.3, 0.4) is 0 Å². The van der Waals surface area contributed by atoms with E-state index in [0.29, 0.717) is 0 Å². The van der Waals surface area contributed by atoms with Gasteiger partial charge in [0, 0.05) is 19.8 Å². The van der Waals surface area contributed by atoms with Gasteiger partial charge in [0.1, 0.15) is 12.2 Å². The van der Waals surface area contributed by atoms with Crippen LogP contribution in [0, 0.1) is 0 Å². The predicted molar refractivity (Wildman–Crippen MR) is 84.0 cm³/mol. The average Bonchev–Trinajstić information content (AvgIpc) is 3.08. The van der Waals surface area contributed by atoms with Crippen molar-refractivity contribution in [1.29, 1.82) is 0 Å². The summed E-state index contributed by atoms with van der Waals surface area (Å²) in [5.74, 6) is 0.962. The first kappa shape index (κ1) is 13.8. The molecule has 0 saturated heterocycles. The Morgan fingerprint density at radius 3 is 2.90 bits per heavy atom. The lowest BCUT2D eigenvalue weighted by Gasteiger charge is -2.10. The number of benzene rings is 1. The fourth-order valence-electron chi connectivity index (χ4n) is 2.63. The molecule has 0 spiro atoms. The normalized spacial score (nSPS) is 11.3. The lowest BCUT2D eigenvalue weighted by molar-refractivity contribution is 0.656. The van der Waals surface area contributed by atoms with E-state index in [4.69, 9.17) is 0 Å². The number of para-hydroxylation sites is 1. The minimum absolute atomic E-state index is 0.741. The summed E-state index contributed by atoms with van der Waals surface area (Å²) in [4.78, 5) is 4.32. The van der Waals surface area contributed by atoms with Crippen LogP contribution in [0.4, 0.5) is 0 Å². The zero-order chi connectivity index (χ0) is 14.7. The first-order chi connectivity index (χ1) is 10.3. The lowest BCUT2D eigenvalue weighted by Crippen LogP contribution is -2.15. The first-order valence-electron chi connectivity index (χ1n) is 7.40. The molecule has 0 amide bonds. The molecule has 0 saturated carbocycles. The molecule has 110 valence electrons. The van der Waals surface area contributed by atoms with E-state index in [1.54, 1.807) is 6.33 Å². The van der Waals surface area contributed by atoms with Crippen LogP contribution in [-0.4, -0.2) is 25.9 Å². The van der Waals surface area contributed by atoms with Gasteiger partial charge in [0.2, 0.25) is 0 Å². The summed E-state index contributed by atoms with van der Waals surface area (Å²) in [5, 5.41) is 8.90. The van der Waals surface area contributed by atoms with Crippen molar-refractivity contribution in [2.75, 3.05) is 6.54 Å². The van der Waals surface area contributed by atoms with Crippen molar-refractivity contribution in [1.82, 2.24) is 24.6 Å². The molecule has 0 aliphatic heterocycles. The summed E-state index contributed by atoms with van der Waals surface area (Å²) in [7, 11) is 1.93. The van der Waals surface area contributed by atoms with Crippen molar-refractivity contribution in [3.63, 3.8) is 0 Å². The van der Waals surface area contributed by atoms with E-state index >= 15 is 0 Å². The van der Waals surface area contributed by atoms with Gasteiger partial charge >= 0.3 is 0 Å². The third-order valence-electron chi connectivity index (χ3n) is 3.73. The van der Waals surface area contributed by atoms with Crippen LogP contribution in [-0.2, 0) is 20.1 Å². The highest BCUT2D eigenvalue weighted by Crippen LogP contribution is 2.21. The zero-order valence-corrected chi connectivity index (χ0v) is 12.6. The second kappa shape index (κ2) is 6.10. The largest absolute Gasteiger partial charge is 0.340 e. The van der Waals surface area contributed by atoms with E-state index < -0.39 is 0 Å². The van der Waals surface area contributed by atoms with Crippen molar-refractivity contribution in [2.45, 2.75) is 26.4 Å². The standard InChI is InChI=1S/C16H21N5/c1-3-8-17-10-14-6-4-5-13-7-9-21(16(13)14)11-15-18-12-19-20(15)2/h4-7,9,12,17H,3,8,10-11H2,1-2H3. The highest BCUT2D eigenvalue weighted by atomic mass is 15.3. The van der Waals surface area contributed by atoms with Crippen molar-refractivity contribution in [3.05, 3.63) is 48.2 Å². The molecule has 5 nitrogen and oxygen atoms in total. The van der Waals surface area contributed by atoms with Crippen LogP contribution in [0.15, 0.2) is 36.8 Å². The van der Waals surface area contributed by atoms with Gasteiger partial charge in [-0.05, 0) is 30.0 Å². The maximum Gasteiger partial charge on any atom is 0.146 e. The highest BCUT2D eigenvalue weighted by molar-refractivity contribution is 5.83. The summed E-state index contributed by atoms with van der Waals surface area (Å²) in [5.41, 5.74) is 2.61. The smallest absolute Gasteiger partial charge is 0.146 e. The molecule has 0 fully saturated rings. The Bertz CT molecular complexity index is 725. The average molecular weight is 283 g/mol. The maximum atomic E-state index is 4.32. The lowest BCUT2D eigenvalue weighted by atomic mass is 10.1. The van der Waals surface area contributed by atoms with Gasteiger partial charge in [-0.3, -0.25) is 4.68 Å². The van der Waals surface area contributed by atoms with Crippen LogP contribution in [0.2, 0.25) is 0 Å². The Morgan fingerprint density at radius 1 is 1.24 bits per heavy atom. The number of nitrogens with zero attached hydrogens (tertiary/aromatic N) is 4. The number of nitrogens with one attached hydrogen (secondary N) is 1. The molecule has 21 heavy (non-hydrogen) atoms. The molecule has 3 aromatic rings. The molecule has 0 bridgehead atoms. The Kier molecular flexibility index (Phi) is 4.01. The van der Waals surface area contributed by atoms with Crippen LogP contribution in [0.1, 0.15) is 24.7 Å². The fraction of sp³-hybridized carbons (Fsp3) is 0.375. The Labute approximate surface area is 124 Å². The summed E-state index contributed by atoms with van der Waals surface area (Å²) < 4.78 is 4.08.